The van der Waals surface area contributed by atoms with Crippen LogP contribution in [0.25, 0.3) is 16.7 Å². The molecule has 0 N–H and O–H groups in total. The molecule has 39 heavy (non-hydrogen) atoms. The Morgan fingerprint density at radius 3 is 2.49 bits per heavy atom. The van der Waals surface area contributed by atoms with E-state index in [1.165, 1.54) is 51.6 Å². The van der Waals surface area contributed by atoms with E-state index in [2.05, 4.69) is 9.80 Å². The number of halogens is 1. The molecule has 1 aromatic carbocycles. The summed E-state index contributed by atoms with van der Waals surface area (Å²) >= 11 is 0. The van der Waals surface area contributed by atoms with Crippen molar-refractivity contribution in [1.29, 1.82) is 0 Å². The number of fused-ring (bicyclic) bond motifs is 1. The minimum absolute atomic E-state index is 0.0593. The summed E-state index contributed by atoms with van der Waals surface area (Å²) in [7, 11) is 1.38. The van der Waals surface area contributed by atoms with Gasteiger partial charge >= 0.3 is 5.97 Å². The Labute approximate surface area is 228 Å². The van der Waals surface area contributed by atoms with Gasteiger partial charge < -0.3 is 14.4 Å². The van der Waals surface area contributed by atoms with Crippen molar-refractivity contribution in [3.05, 3.63) is 47.5 Å². The third-order valence-electron chi connectivity index (χ3n) is 9.46. The smallest absolute Gasteiger partial charge is 0.356 e. The quantitative estimate of drug-likeness (QED) is 0.435. The average Bonchev–Trinajstić information content (AvgIpc) is 3.68. The van der Waals surface area contributed by atoms with Crippen molar-refractivity contribution in [3.8, 4) is 5.69 Å². The fraction of sp³-hybridized carbons (Fsp3) is 0.567. The number of carbonyl (C=O) groups excluding carboxylic acids is 1. The predicted octanol–water partition coefficient (Wildman–Crippen LogP) is 4.84. The molecule has 0 bridgehead atoms. The fourth-order valence-electron chi connectivity index (χ4n) is 6.98. The summed E-state index contributed by atoms with van der Waals surface area (Å²) in [5, 5.41) is 6.04. The Balaban J connectivity index is 1.26. The second kappa shape index (κ2) is 9.86. The van der Waals surface area contributed by atoms with E-state index >= 15 is 0 Å². The lowest BCUT2D eigenvalue weighted by molar-refractivity contribution is -0.0157. The van der Waals surface area contributed by atoms with Crippen molar-refractivity contribution in [2.24, 2.45) is 0 Å². The van der Waals surface area contributed by atoms with Crippen LogP contribution in [0.2, 0.25) is 0 Å². The number of nitrogens with zero attached hydrogens (tertiary/aromatic N) is 5. The Hall–Kier alpha value is -3.04. The summed E-state index contributed by atoms with van der Waals surface area (Å²) in [6.45, 7) is 4.92. The zero-order valence-electron chi connectivity index (χ0n) is 22.6. The molecular formula is C30H36FN5O3. The second-order valence-corrected chi connectivity index (χ2v) is 11.7. The van der Waals surface area contributed by atoms with E-state index < -0.39 is 5.97 Å². The summed E-state index contributed by atoms with van der Waals surface area (Å²) in [4.78, 5) is 22.5. The first kappa shape index (κ1) is 25.0. The molecule has 1 unspecified atom stereocenters. The highest BCUT2D eigenvalue weighted by atomic mass is 19.1. The third kappa shape index (κ3) is 4.39. The summed E-state index contributed by atoms with van der Waals surface area (Å²) in [5.41, 5.74) is 3.54. The molecule has 4 aliphatic rings. The van der Waals surface area contributed by atoms with Crippen molar-refractivity contribution in [3.63, 3.8) is 0 Å². The van der Waals surface area contributed by atoms with Crippen LogP contribution in [0.4, 0.5) is 10.1 Å². The molecule has 3 aromatic rings. The number of benzene rings is 1. The summed E-state index contributed by atoms with van der Waals surface area (Å²) in [6.07, 6.45) is 8.97. The van der Waals surface area contributed by atoms with Gasteiger partial charge in [0.05, 0.1) is 41.8 Å². The number of methoxy groups -OCH3 is 1. The molecule has 3 aliphatic heterocycles. The van der Waals surface area contributed by atoms with Gasteiger partial charge in [0.1, 0.15) is 5.82 Å². The number of hydrogen-bond donors (Lipinski definition) is 0. The Morgan fingerprint density at radius 1 is 1.08 bits per heavy atom. The molecular weight excluding hydrogens is 497 g/mol. The van der Waals surface area contributed by atoms with Crippen molar-refractivity contribution >= 4 is 22.7 Å². The molecule has 0 amide bonds. The first-order valence-electron chi connectivity index (χ1n) is 14.4. The van der Waals surface area contributed by atoms with Gasteiger partial charge in [-0.2, -0.15) is 5.10 Å². The molecule has 3 saturated heterocycles. The molecule has 2 aromatic heterocycles. The van der Waals surface area contributed by atoms with Crippen LogP contribution in [-0.4, -0.2) is 77.2 Å². The number of hydrogen-bond acceptors (Lipinski definition) is 7. The predicted molar refractivity (Wildman–Crippen MR) is 146 cm³/mol. The Morgan fingerprint density at radius 2 is 1.82 bits per heavy atom. The van der Waals surface area contributed by atoms with Crippen molar-refractivity contribution < 1.29 is 18.7 Å². The minimum Gasteiger partial charge on any atom is -0.464 e. The van der Waals surface area contributed by atoms with Gasteiger partial charge in [-0.3, -0.25) is 4.90 Å². The lowest BCUT2D eigenvalue weighted by Crippen LogP contribution is -2.45. The van der Waals surface area contributed by atoms with Gasteiger partial charge in [0, 0.05) is 25.0 Å². The van der Waals surface area contributed by atoms with E-state index in [1.807, 2.05) is 6.07 Å². The van der Waals surface area contributed by atoms with Crippen LogP contribution >= 0.6 is 0 Å². The van der Waals surface area contributed by atoms with Crippen LogP contribution in [0.1, 0.15) is 73.5 Å². The van der Waals surface area contributed by atoms with E-state index in [1.54, 1.807) is 16.8 Å². The topological polar surface area (TPSA) is 72.7 Å². The fourth-order valence-corrected chi connectivity index (χ4v) is 6.98. The van der Waals surface area contributed by atoms with Gasteiger partial charge in [-0.05, 0) is 88.4 Å². The second-order valence-electron chi connectivity index (χ2n) is 11.7. The van der Waals surface area contributed by atoms with Gasteiger partial charge in [-0.1, -0.05) is 6.42 Å². The number of anilines is 1. The van der Waals surface area contributed by atoms with Crippen molar-refractivity contribution in [1.82, 2.24) is 19.7 Å². The zero-order valence-corrected chi connectivity index (χ0v) is 22.6. The van der Waals surface area contributed by atoms with Crippen molar-refractivity contribution in [2.75, 3.05) is 44.8 Å². The number of rotatable bonds is 5. The van der Waals surface area contributed by atoms with Gasteiger partial charge in [-0.25, -0.2) is 18.9 Å². The van der Waals surface area contributed by atoms with Crippen LogP contribution in [-0.2, 0) is 9.47 Å². The largest absolute Gasteiger partial charge is 0.464 e. The highest BCUT2D eigenvalue weighted by molar-refractivity contribution is 5.99. The number of ether oxygens (including phenoxy) is 2. The monoisotopic (exact) mass is 533 g/mol. The maximum absolute atomic E-state index is 13.7. The lowest BCUT2D eigenvalue weighted by atomic mass is 9.81. The minimum atomic E-state index is -0.476. The van der Waals surface area contributed by atoms with Crippen LogP contribution in [0.3, 0.4) is 0 Å². The lowest BCUT2D eigenvalue weighted by Gasteiger charge is -2.40. The van der Waals surface area contributed by atoms with Gasteiger partial charge in [0.25, 0.3) is 0 Å². The van der Waals surface area contributed by atoms with E-state index in [0.717, 1.165) is 74.3 Å². The maximum atomic E-state index is 13.7. The normalized spacial score (nSPS) is 23.5. The highest BCUT2D eigenvalue weighted by Gasteiger charge is 2.45. The SMILES string of the molecule is COC(=O)c1cc(N2CCC3(CC2)CC(N2CCCC2)CO3)c2c(C3CCC3)nn(-c3ccc(F)cc3)c2n1. The molecule has 9 heteroatoms. The number of pyridine rings is 1. The zero-order chi connectivity index (χ0) is 26.6. The first-order chi connectivity index (χ1) is 19.0. The molecule has 5 heterocycles. The number of esters is 1. The first-order valence-corrected chi connectivity index (χ1v) is 14.4. The highest BCUT2D eigenvalue weighted by Crippen LogP contribution is 2.45. The number of carbonyl (C=O) groups is 1. The Bertz CT molecular complexity index is 1370. The average molecular weight is 534 g/mol. The van der Waals surface area contributed by atoms with Gasteiger partial charge in [0.2, 0.25) is 0 Å². The van der Waals surface area contributed by atoms with Crippen LogP contribution in [0.5, 0.6) is 0 Å². The van der Waals surface area contributed by atoms with Gasteiger partial charge in [-0.15, -0.1) is 0 Å². The Kier molecular flexibility index (Phi) is 6.31. The molecule has 0 radical (unpaired) electrons. The molecule has 1 spiro atoms. The number of likely N-dealkylation sites (tertiary alicyclic amines) is 1. The maximum Gasteiger partial charge on any atom is 0.356 e. The third-order valence-corrected chi connectivity index (χ3v) is 9.46. The molecule has 4 fully saturated rings. The van der Waals surface area contributed by atoms with E-state index in [9.17, 15) is 9.18 Å². The van der Waals surface area contributed by atoms with Gasteiger partial charge in [0.15, 0.2) is 11.3 Å². The molecule has 1 aliphatic carbocycles. The molecule has 206 valence electrons. The number of aromatic nitrogens is 3. The molecule has 7 rings (SSSR count). The summed E-state index contributed by atoms with van der Waals surface area (Å²) in [6, 6.07) is 8.69. The summed E-state index contributed by atoms with van der Waals surface area (Å²) < 4.78 is 27.1. The molecule has 1 atom stereocenters. The van der Waals surface area contributed by atoms with Crippen LogP contribution in [0, 0.1) is 5.82 Å². The molecule has 1 saturated carbocycles. The van der Waals surface area contributed by atoms with E-state index in [4.69, 9.17) is 19.6 Å². The van der Waals surface area contributed by atoms with E-state index in [-0.39, 0.29) is 17.1 Å². The number of piperidine rings is 1. The standard InChI is InChI=1S/C30H36FN5O3/c1-38-29(37)24-17-25(35-15-11-30(12-16-35)18-23(19-39-30)34-13-2-3-14-34)26-27(20-5-4-6-20)33-36(28(26)32-24)22-9-7-21(31)8-10-22/h7-10,17,20,23H,2-6,11-16,18-19H2,1H3. The summed E-state index contributed by atoms with van der Waals surface area (Å²) in [5.74, 6) is -0.424. The van der Waals surface area contributed by atoms with E-state index in [0.29, 0.717) is 17.6 Å². The van der Waals surface area contributed by atoms with Crippen LogP contribution in [0.15, 0.2) is 30.3 Å². The van der Waals surface area contributed by atoms with Crippen molar-refractivity contribution in [2.45, 2.75) is 68.9 Å². The molecule has 8 nitrogen and oxygen atoms in total. The van der Waals surface area contributed by atoms with Crippen LogP contribution < -0.4 is 4.90 Å².